The van der Waals surface area contributed by atoms with E-state index in [1.165, 1.54) is 12.1 Å². The third-order valence-corrected chi connectivity index (χ3v) is 7.92. The number of aryl methyl sites for hydroxylation is 1. The topological polar surface area (TPSA) is 92.6 Å². The maximum Gasteiger partial charge on any atom is 0.412 e. The third-order valence-electron chi connectivity index (χ3n) is 7.92. The molecule has 1 aliphatic rings. The quantitative estimate of drug-likeness (QED) is 0.278. The second-order valence-corrected chi connectivity index (χ2v) is 12.2. The van der Waals surface area contributed by atoms with Crippen molar-refractivity contribution in [3.8, 4) is 11.3 Å². The zero-order chi connectivity index (χ0) is 35.9. The lowest BCUT2D eigenvalue weighted by atomic mass is 9.85. The van der Waals surface area contributed by atoms with E-state index in [1.807, 2.05) is 19.2 Å². The SMILES string of the molecule is [2H]C([2H])([2H])N(C(=O)c1ccc([C@@H]2CCN(Cc3cc4c(-c5ccc(NC(=O)OC(C)(C)C)cn5)ccnc4n3C)[C@H](C)C2)cc1)C([2H])([2H])[2H]. The summed E-state index contributed by atoms with van der Waals surface area (Å²) < 4.78 is 52.7. The van der Waals surface area contributed by atoms with E-state index in [-0.39, 0.29) is 22.4 Å². The van der Waals surface area contributed by atoms with Gasteiger partial charge >= 0.3 is 6.09 Å². The lowest BCUT2D eigenvalue weighted by Crippen LogP contribution is -2.39. The van der Waals surface area contributed by atoms with Gasteiger partial charge < -0.3 is 14.2 Å². The zero-order valence-corrected chi connectivity index (χ0v) is 25.2. The summed E-state index contributed by atoms with van der Waals surface area (Å²) in [6, 6.07) is 14.6. The molecule has 5 rings (SSSR count). The van der Waals surface area contributed by atoms with E-state index >= 15 is 0 Å². The Hall–Kier alpha value is -4.24. The molecule has 0 unspecified atom stereocenters. The largest absolute Gasteiger partial charge is 0.444 e. The summed E-state index contributed by atoms with van der Waals surface area (Å²) in [7, 11) is 2.01. The van der Waals surface area contributed by atoms with Crippen LogP contribution in [0, 0.1) is 0 Å². The van der Waals surface area contributed by atoms with E-state index in [0.29, 0.717) is 5.69 Å². The van der Waals surface area contributed by atoms with Gasteiger partial charge in [0.2, 0.25) is 0 Å². The van der Waals surface area contributed by atoms with Gasteiger partial charge in [0, 0.05) is 70.2 Å². The summed E-state index contributed by atoms with van der Waals surface area (Å²) in [5.74, 6) is -0.818. The van der Waals surface area contributed by atoms with Crippen LogP contribution in [0.2, 0.25) is 0 Å². The third kappa shape index (κ3) is 6.88. The van der Waals surface area contributed by atoms with Gasteiger partial charge in [0.1, 0.15) is 11.2 Å². The minimum Gasteiger partial charge on any atom is -0.444 e. The highest BCUT2D eigenvalue weighted by atomic mass is 16.6. The number of hydrogen-bond donors (Lipinski definition) is 1. The van der Waals surface area contributed by atoms with Crippen LogP contribution in [-0.4, -0.2) is 68.5 Å². The van der Waals surface area contributed by atoms with E-state index in [2.05, 4.69) is 37.7 Å². The number of fused-ring (bicyclic) bond motifs is 1. The van der Waals surface area contributed by atoms with Gasteiger partial charge in [0.15, 0.2) is 0 Å². The molecule has 4 aromatic rings. The molecule has 4 heterocycles. The predicted octanol–water partition coefficient (Wildman–Crippen LogP) is 6.45. The number of anilines is 1. The molecule has 0 radical (unpaired) electrons. The number of ether oxygens (including phenoxy) is 1. The van der Waals surface area contributed by atoms with E-state index in [4.69, 9.17) is 13.0 Å². The van der Waals surface area contributed by atoms with Crippen LogP contribution in [0.1, 0.15) is 76.3 Å². The number of amides is 2. The molecule has 1 saturated heterocycles. The number of carbonyl (C=O) groups is 2. The molecule has 1 N–H and O–H groups in total. The van der Waals surface area contributed by atoms with Gasteiger partial charge in [0.05, 0.1) is 17.6 Å². The van der Waals surface area contributed by atoms with Crippen molar-refractivity contribution < 1.29 is 22.6 Å². The van der Waals surface area contributed by atoms with Crippen LogP contribution in [0.15, 0.2) is 60.9 Å². The number of likely N-dealkylation sites (tertiary alicyclic amines) is 1. The van der Waals surface area contributed by atoms with Crippen molar-refractivity contribution in [1.29, 1.82) is 0 Å². The molecule has 9 nitrogen and oxygen atoms in total. The Morgan fingerprint density at radius 2 is 1.88 bits per heavy atom. The summed E-state index contributed by atoms with van der Waals surface area (Å²) in [6.45, 7) is 3.00. The second kappa shape index (κ2) is 12.2. The van der Waals surface area contributed by atoms with Crippen LogP contribution in [0.5, 0.6) is 0 Å². The summed E-state index contributed by atoms with van der Waals surface area (Å²) in [5, 5.41) is 3.69. The van der Waals surface area contributed by atoms with Crippen LogP contribution in [0.3, 0.4) is 0 Å². The molecule has 3 aromatic heterocycles. The second-order valence-electron chi connectivity index (χ2n) is 12.2. The Bertz CT molecular complexity index is 1800. The number of rotatable bonds is 6. The Morgan fingerprint density at radius 3 is 2.53 bits per heavy atom. The maximum atomic E-state index is 12.8. The molecular weight excluding hydrogens is 540 g/mol. The highest BCUT2D eigenvalue weighted by Crippen LogP contribution is 2.34. The molecule has 43 heavy (non-hydrogen) atoms. The Kier molecular flexibility index (Phi) is 6.58. The predicted molar refractivity (Wildman–Crippen MR) is 170 cm³/mol. The molecule has 0 saturated carbocycles. The first-order chi connectivity index (χ1) is 22.8. The van der Waals surface area contributed by atoms with Crippen LogP contribution in [-0.2, 0) is 18.3 Å². The molecule has 1 aliphatic heterocycles. The van der Waals surface area contributed by atoms with Crippen LogP contribution in [0.4, 0.5) is 10.5 Å². The lowest BCUT2D eigenvalue weighted by Gasteiger charge is -2.38. The average molecular weight is 589 g/mol. The fourth-order valence-corrected chi connectivity index (χ4v) is 5.69. The van der Waals surface area contributed by atoms with E-state index in [0.717, 1.165) is 59.5 Å². The van der Waals surface area contributed by atoms with Gasteiger partial charge in [-0.1, -0.05) is 12.1 Å². The minimum atomic E-state index is -3.09. The van der Waals surface area contributed by atoms with Gasteiger partial charge in [-0.25, -0.2) is 9.78 Å². The molecular formula is C34H42N6O3. The summed E-state index contributed by atoms with van der Waals surface area (Å²) >= 11 is 0. The highest BCUT2D eigenvalue weighted by Gasteiger charge is 2.28. The van der Waals surface area contributed by atoms with Crippen molar-refractivity contribution in [2.24, 2.45) is 7.05 Å². The molecule has 9 heteroatoms. The Morgan fingerprint density at radius 1 is 1.12 bits per heavy atom. The van der Waals surface area contributed by atoms with Crippen LogP contribution in [0.25, 0.3) is 22.3 Å². The van der Waals surface area contributed by atoms with Gasteiger partial charge in [-0.15, -0.1) is 0 Å². The number of nitrogens with zero attached hydrogens (tertiary/aromatic N) is 5. The monoisotopic (exact) mass is 588 g/mol. The smallest absolute Gasteiger partial charge is 0.412 e. The molecule has 0 aliphatic carbocycles. The minimum absolute atomic E-state index is 0.0141. The fraction of sp³-hybridized carbons (Fsp3) is 0.412. The zero-order valence-electron chi connectivity index (χ0n) is 31.2. The molecule has 0 spiro atoms. The van der Waals surface area contributed by atoms with Crippen LogP contribution >= 0.6 is 0 Å². The van der Waals surface area contributed by atoms with Crippen molar-refractivity contribution in [2.45, 2.75) is 64.6 Å². The van der Waals surface area contributed by atoms with E-state index in [1.54, 1.807) is 51.4 Å². The molecule has 1 aromatic carbocycles. The Balaban J connectivity index is 1.26. The number of carbonyl (C=O) groups excluding carboxylic acids is 2. The lowest BCUT2D eigenvalue weighted by molar-refractivity contribution is 0.0635. The van der Waals surface area contributed by atoms with Crippen molar-refractivity contribution in [1.82, 2.24) is 24.3 Å². The van der Waals surface area contributed by atoms with Crippen molar-refractivity contribution in [3.05, 3.63) is 77.7 Å². The highest BCUT2D eigenvalue weighted by molar-refractivity contribution is 5.94. The number of piperidine rings is 1. The van der Waals surface area contributed by atoms with Gasteiger partial charge in [0.25, 0.3) is 5.91 Å². The average Bonchev–Trinajstić information content (AvgIpc) is 3.31. The standard InChI is InChI=1S/C34H42N6O3/c1-22-18-25(23-8-10-24(11-9-23)32(41)38(5)6)15-17-40(22)21-27-19-29-28(14-16-35-31(29)39(27)7)30-13-12-26(20-36-30)37-33(42)43-34(2,3)4/h8-14,16,19-20,22,25H,15,17-18,21H2,1-7H3,(H,37,42)/t22-,25-/m1/s1/i5D3,6D3. The van der Waals surface area contributed by atoms with Crippen LogP contribution < -0.4 is 5.32 Å². The first kappa shape index (κ1) is 23.2. The number of nitrogens with one attached hydrogen (secondary N) is 1. The first-order valence-electron chi connectivity index (χ1n) is 17.4. The molecule has 2 atom stereocenters. The fourth-order valence-electron chi connectivity index (χ4n) is 5.69. The molecule has 2 amide bonds. The summed E-state index contributed by atoms with van der Waals surface area (Å²) in [5.41, 5.74) is 4.62. The van der Waals surface area contributed by atoms with Gasteiger partial charge in [-0.05, 0) is 95.0 Å². The van der Waals surface area contributed by atoms with E-state index in [9.17, 15) is 9.59 Å². The molecule has 0 bridgehead atoms. The Labute approximate surface area is 262 Å². The summed E-state index contributed by atoms with van der Waals surface area (Å²) in [6.07, 6.45) is 4.60. The normalized spacial score (nSPS) is 20.2. The van der Waals surface area contributed by atoms with Crippen molar-refractivity contribution in [2.75, 3.05) is 25.8 Å². The van der Waals surface area contributed by atoms with Crippen molar-refractivity contribution in [3.63, 3.8) is 0 Å². The van der Waals surface area contributed by atoms with E-state index < -0.39 is 31.6 Å². The van der Waals surface area contributed by atoms with Gasteiger partial charge in [-0.2, -0.15) is 0 Å². The summed E-state index contributed by atoms with van der Waals surface area (Å²) in [4.78, 5) is 36.7. The number of aromatic nitrogens is 3. The number of benzene rings is 1. The van der Waals surface area contributed by atoms with Gasteiger partial charge in [-0.3, -0.25) is 20.0 Å². The number of hydrogen-bond acceptors (Lipinski definition) is 6. The first-order valence-corrected chi connectivity index (χ1v) is 14.4. The number of pyridine rings is 2. The molecule has 226 valence electrons. The molecule has 1 fully saturated rings. The van der Waals surface area contributed by atoms with Crippen molar-refractivity contribution >= 4 is 28.7 Å². The maximum absolute atomic E-state index is 12.8.